The Morgan fingerprint density at radius 2 is 1.58 bits per heavy atom. The molecule has 0 aliphatic rings. The van der Waals surface area contributed by atoms with E-state index in [1.807, 2.05) is 6.07 Å². The van der Waals surface area contributed by atoms with Gasteiger partial charge in [0, 0.05) is 19.2 Å². The maximum Gasteiger partial charge on any atom is 0.140 e. The van der Waals surface area contributed by atoms with Crippen molar-refractivity contribution in [3.8, 4) is 11.4 Å². The Morgan fingerprint density at radius 3 is 2.21 bits per heavy atom. The zero-order valence-corrected chi connectivity index (χ0v) is 15.0. The van der Waals surface area contributed by atoms with Crippen LogP contribution in [0.4, 0.5) is 0 Å². The van der Waals surface area contributed by atoms with E-state index in [0.717, 1.165) is 17.9 Å². The van der Waals surface area contributed by atoms with E-state index in [1.54, 1.807) is 0 Å². The molecule has 0 saturated heterocycles. The summed E-state index contributed by atoms with van der Waals surface area (Å²) in [4.78, 5) is 7.32. The Kier molecular flexibility index (Phi) is 5.31. The van der Waals surface area contributed by atoms with Gasteiger partial charge in [0.1, 0.15) is 5.82 Å². The summed E-state index contributed by atoms with van der Waals surface area (Å²) in [5, 5.41) is 0. The zero-order valence-electron chi connectivity index (χ0n) is 15.0. The standard InChI is InChI=1S/C21H27N3/c1-4-14-24(15-5-2)16-17-10-12-18(13-11-17)21-22-19-8-6-7-9-20(19)23(21)3/h6-13H,4-5,14-16H2,1-3H3. The number of nitrogens with zero attached hydrogens (tertiary/aromatic N) is 3. The molecule has 1 heterocycles. The lowest BCUT2D eigenvalue weighted by molar-refractivity contribution is 0.266. The Bertz CT molecular complexity index is 780. The van der Waals surface area contributed by atoms with E-state index in [-0.39, 0.29) is 0 Å². The predicted molar refractivity (Wildman–Crippen MR) is 102 cm³/mol. The van der Waals surface area contributed by atoms with Gasteiger partial charge in [0.25, 0.3) is 0 Å². The van der Waals surface area contributed by atoms with Crippen LogP contribution in [-0.4, -0.2) is 27.5 Å². The van der Waals surface area contributed by atoms with E-state index >= 15 is 0 Å². The molecule has 0 N–H and O–H groups in total. The molecule has 0 radical (unpaired) electrons. The number of fused-ring (bicyclic) bond motifs is 1. The molecule has 3 aromatic rings. The van der Waals surface area contributed by atoms with Crippen LogP contribution in [-0.2, 0) is 13.6 Å². The van der Waals surface area contributed by atoms with Crippen LogP contribution < -0.4 is 0 Å². The van der Waals surface area contributed by atoms with E-state index < -0.39 is 0 Å². The van der Waals surface area contributed by atoms with Crippen molar-refractivity contribution in [1.29, 1.82) is 0 Å². The molecule has 0 fully saturated rings. The second-order valence-corrected chi connectivity index (χ2v) is 6.46. The van der Waals surface area contributed by atoms with Gasteiger partial charge in [0.2, 0.25) is 0 Å². The van der Waals surface area contributed by atoms with Gasteiger partial charge in [0.05, 0.1) is 11.0 Å². The molecular formula is C21H27N3. The first kappa shape index (κ1) is 16.7. The lowest BCUT2D eigenvalue weighted by Crippen LogP contribution is -2.24. The molecule has 0 amide bonds. The highest BCUT2D eigenvalue weighted by atomic mass is 15.1. The van der Waals surface area contributed by atoms with Crippen molar-refractivity contribution < 1.29 is 0 Å². The number of para-hydroxylation sites is 2. The van der Waals surface area contributed by atoms with Crippen LogP contribution in [0.3, 0.4) is 0 Å². The molecule has 3 rings (SSSR count). The Balaban J connectivity index is 1.82. The molecule has 0 saturated carbocycles. The van der Waals surface area contributed by atoms with Crippen molar-refractivity contribution in [2.24, 2.45) is 7.05 Å². The van der Waals surface area contributed by atoms with Crippen molar-refractivity contribution in [2.75, 3.05) is 13.1 Å². The number of hydrogen-bond donors (Lipinski definition) is 0. The highest BCUT2D eigenvalue weighted by Crippen LogP contribution is 2.24. The van der Waals surface area contributed by atoms with Crippen molar-refractivity contribution in [1.82, 2.24) is 14.5 Å². The van der Waals surface area contributed by atoms with E-state index in [4.69, 9.17) is 4.98 Å². The van der Waals surface area contributed by atoms with Crippen LogP contribution in [0.2, 0.25) is 0 Å². The Morgan fingerprint density at radius 1 is 0.917 bits per heavy atom. The fourth-order valence-electron chi connectivity index (χ4n) is 3.32. The molecule has 24 heavy (non-hydrogen) atoms. The molecule has 126 valence electrons. The summed E-state index contributed by atoms with van der Waals surface area (Å²) in [5.41, 5.74) is 4.78. The van der Waals surface area contributed by atoms with Gasteiger partial charge in [-0.2, -0.15) is 0 Å². The van der Waals surface area contributed by atoms with Crippen molar-refractivity contribution in [3.05, 3.63) is 54.1 Å². The molecule has 0 atom stereocenters. The number of imidazole rings is 1. The number of aryl methyl sites for hydroxylation is 1. The highest BCUT2D eigenvalue weighted by Gasteiger charge is 2.10. The van der Waals surface area contributed by atoms with Gasteiger partial charge >= 0.3 is 0 Å². The Hall–Kier alpha value is -2.13. The fraction of sp³-hybridized carbons (Fsp3) is 0.381. The average molecular weight is 321 g/mol. The van der Waals surface area contributed by atoms with Gasteiger partial charge in [-0.25, -0.2) is 4.98 Å². The molecule has 3 heteroatoms. The normalized spacial score (nSPS) is 11.5. The third-order valence-corrected chi connectivity index (χ3v) is 4.49. The largest absolute Gasteiger partial charge is 0.327 e. The van der Waals surface area contributed by atoms with E-state index in [9.17, 15) is 0 Å². The minimum absolute atomic E-state index is 1.03. The molecule has 0 aliphatic carbocycles. The van der Waals surface area contributed by atoms with Gasteiger partial charge in [-0.1, -0.05) is 50.2 Å². The fourth-order valence-corrected chi connectivity index (χ4v) is 3.32. The first-order valence-corrected chi connectivity index (χ1v) is 8.96. The maximum absolute atomic E-state index is 4.78. The van der Waals surface area contributed by atoms with E-state index in [2.05, 4.69) is 72.8 Å². The number of rotatable bonds is 7. The first-order chi connectivity index (χ1) is 11.7. The summed E-state index contributed by atoms with van der Waals surface area (Å²) < 4.78 is 2.17. The lowest BCUT2D eigenvalue weighted by atomic mass is 10.1. The lowest BCUT2D eigenvalue weighted by Gasteiger charge is -2.21. The van der Waals surface area contributed by atoms with Crippen LogP contribution in [0.15, 0.2) is 48.5 Å². The topological polar surface area (TPSA) is 21.1 Å². The minimum atomic E-state index is 1.03. The second-order valence-electron chi connectivity index (χ2n) is 6.46. The third kappa shape index (κ3) is 3.51. The van der Waals surface area contributed by atoms with Gasteiger partial charge in [-0.3, -0.25) is 4.90 Å². The number of aromatic nitrogens is 2. The average Bonchev–Trinajstić information content (AvgIpc) is 2.93. The first-order valence-electron chi connectivity index (χ1n) is 8.96. The summed E-state index contributed by atoms with van der Waals surface area (Å²) in [6, 6.07) is 17.2. The summed E-state index contributed by atoms with van der Waals surface area (Å²) in [6.07, 6.45) is 2.41. The zero-order chi connectivity index (χ0) is 16.9. The number of hydrogen-bond acceptors (Lipinski definition) is 2. The molecule has 0 unspecified atom stereocenters. The van der Waals surface area contributed by atoms with Crippen LogP contribution >= 0.6 is 0 Å². The Labute approximate surface area is 144 Å². The summed E-state index contributed by atoms with van der Waals surface area (Å²) in [7, 11) is 2.09. The third-order valence-electron chi connectivity index (χ3n) is 4.49. The SMILES string of the molecule is CCCN(CCC)Cc1ccc(-c2nc3ccccc3n2C)cc1. The quantitative estimate of drug-likeness (QED) is 0.619. The van der Waals surface area contributed by atoms with Crippen LogP contribution in [0, 0.1) is 0 Å². The molecule has 0 bridgehead atoms. The summed E-state index contributed by atoms with van der Waals surface area (Å²) >= 11 is 0. The smallest absolute Gasteiger partial charge is 0.140 e. The van der Waals surface area contributed by atoms with E-state index in [0.29, 0.717) is 0 Å². The molecule has 1 aromatic heterocycles. The van der Waals surface area contributed by atoms with Gasteiger partial charge in [0.15, 0.2) is 0 Å². The van der Waals surface area contributed by atoms with Gasteiger partial charge < -0.3 is 4.57 Å². The molecule has 3 nitrogen and oxygen atoms in total. The number of benzene rings is 2. The summed E-state index contributed by atoms with van der Waals surface area (Å²) in [6.45, 7) is 7.86. The van der Waals surface area contributed by atoms with Crippen LogP contribution in [0.25, 0.3) is 22.4 Å². The van der Waals surface area contributed by atoms with Crippen molar-refractivity contribution in [2.45, 2.75) is 33.2 Å². The minimum Gasteiger partial charge on any atom is -0.327 e. The second kappa shape index (κ2) is 7.63. The molecular weight excluding hydrogens is 294 g/mol. The van der Waals surface area contributed by atoms with Crippen molar-refractivity contribution in [3.63, 3.8) is 0 Å². The van der Waals surface area contributed by atoms with Crippen LogP contribution in [0.5, 0.6) is 0 Å². The molecule has 2 aromatic carbocycles. The van der Waals surface area contributed by atoms with Crippen LogP contribution in [0.1, 0.15) is 32.3 Å². The summed E-state index contributed by atoms with van der Waals surface area (Å²) in [5.74, 6) is 1.03. The van der Waals surface area contributed by atoms with E-state index in [1.165, 1.54) is 42.6 Å². The molecule has 0 aliphatic heterocycles. The highest BCUT2D eigenvalue weighted by molar-refractivity contribution is 5.80. The predicted octanol–water partition coefficient (Wildman–Crippen LogP) is 4.86. The molecule has 0 spiro atoms. The monoisotopic (exact) mass is 321 g/mol. The van der Waals surface area contributed by atoms with Gasteiger partial charge in [-0.15, -0.1) is 0 Å². The van der Waals surface area contributed by atoms with Crippen molar-refractivity contribution >= 4 is 11.0 Å². The maximum atomic E-state index is 4.78. The van der Waals surface area contributed by atoms with Gasteiger partial charge in [-0.05, 0) is 43.6 Å².